The monoisotopic (exact) mass is 388 g/mol. The smallest absolute Gasteiger partial charge is 0.303 e. The van der Waals surface area contributed by atoms with Crippen LogP contribution in [-0.2, 0) is 9.59 Å². The average Bonchev–Trinajstić information content (AvgIpc) is 2.86. The molecule has 1 fully saturated rings. The second-order valence-corrected chi connectivity index (χ2v) is 7.11. The summed E-state index contributed by atoms with van der Waals surface area (Å²) >= 11 is 0. The molecule has 0 bridgehead atoms. The van der Waals surface area contributed by atoms with Crippen molar-refractivity contribution in [3.05, 3.63) is 24.3 Å². The summed E-state index contributed by atoms with van der Waals surface area (Å²) in [7, 11) is 0. The maximum atomic E-state index is 13.8. The molecule has 5 nitrogen and oxygen atoms in total. The number of carbonyl (C=O) groups excluding carboxylic acids is 1. The number of aliphatic hydroxyl groups is 2. The lowest BCUT2D eigenvalue weighted by Crippen LogP contribution is -2.32. The van der Waals surface area contributed by atoms with Crippen LogP contribution < -0.4 is 0 Å². The van der Waals surface area contributed by atoms with E-state index in [2.05, 4.69) is 0 Å². The van der Waals surface area contributed by atoms with Crippen molar-refractivity contribution in [3.8, 4) is 0 Å². The Labute approximate surface area is 158 Å². The minimum absolute atomic E-state index is 0.0329. The van der Waals surface area contributed by atoms with Crippen LogP contribution in [0.1, 0.15) is 58.3 Å². The van der Waals surface area contributed by atoms with E-state index < -0.39 is 42.4 Å². The molecule has 0 amide bonds. The Morgan fingerprint density at radius 2 is 2.04 bits per heavy atom. The fourth-order valence-electron chi connectivity index (χ4n) is 3.19. The maximum absolute atomic E-state index is 13.8. The number of unbranched alkanes of at least 4 members (excludes halogenated alkanes) is 2. The quantitative estimate of drug-likeness (QED) is 0.351. The number of hydrogen-bond donors (Lipinski definition) is 3. The molecule has 27 heavy (non-hydrogen) atoms. The lowest BCUT2D eigenvalue weighted by Gasteiger charge is -2.21. The van der Waals surface area contributed by atoms with E-state index in [-0.39, 0.29) is 18.6 Å². The predicted molar refractivity (Wildman–Crippen MR) is 97.5 cm³/mol. The molecule has 0 unspecified atom stereocenters. The molecule has 7 heteroatoms. The van der Waals surface area contributed by atoms with E-state index in [1.165, 1.54) is 6.08 Å². The van der Waals surface area contributed by atoms with Gasteiger partial charge < -0.3 is 15.3 Å². The van der Waals surface area contributed by atoms with Crippen molar-refractivity contribution in [2.24, 2.45) is 11.8 Å². The van der Waals surface area contributed by atoms with E-state index in [0.29, 0.717) is 32.1 Å². The number of aliphatic hydroxyl groups excluding tert-OH is 2. The second kappa shape index (κ2) is 11.3. The van der Waals surface area contributed by atoms with Crippen LogP contribution in [0.4, 0.5) is 8.78 Å². The number of allylic oxidation sites excluding steroid dienone is 2. The van der Waals surface area contributed by atoms with Crippen LogP contribution in [0.3, 0.4) is 0 Å². The highest BCUT2D eigenvalue weighted by Crippen LogP contribution is 2.34. The van der Waals surface area contributed by atoms with Crippen molar-refractivity contribution in [1.82, 2.24) is 0 Å². The van der Waals surface area contributed by atoms with Crippen LogP contribution in [0.25, 0.3) is 0 Å². The van der Waals surface area contributed by atoms with Gasteiger partial charge in [0.25, 0.3) is 5.92 Å². The Kier molecular flexibility index (Phi) is 9.80. The van der Waals surface area contributed by atoms with Gasteiger partial charge in [-0.2, -0.15) is 0 Å². The Bertz CT molecular complexity index is 544. The van der Waals surface area contributed by atoms with Crippen LogP contribution in [0.15, 0.2) is 24.3 Å². The number of carboxylic acid groups (broad SMARTS) is 1. The average molecular weight is 388 g/mol. The Balaban J connectivity index is 2.63. The molecule has 0 aromatic carbocycles. The van der Waals surface area contributed by atoms with Gasteiger partial charge in [-0.1, -0.05) is 37.6 Å². The molecule has 1 saturated carbocycles. The molecule has 0 heterocycles. The molecule has 3 N–H and O–H groups in total. The number of alkyl halides is 2. The van der Waals surface area contributed by atoms with Gasteiger partial charge in [-0.05, 0) is 25.7 Å². The van der Waals surface area contributed by atoms with Gasteiger partial charge in [-0.15, -0.1) is 0 Å². The van der Waals surface area contributed by atoms with E-state index in [9.17, 15) is 28.6 Å². The summed E-state index contributed by atoms with van der Waals surface area (Å²) in [5.41, 5.74) is 0. The van der Waals surface area contributed by atoms with Crippen molar-refractivity contribution < 1.29 is 33.7 Å². The van der Waals surface area contributed by atoms with Gasteiger partial charge in [0.1, 0.15) is 11.9 Å². The van der Waals surface area contributed by atoms with E-state index in [4.69, 9.17) is 5.11 Å². The molecule has 4 atom stereocenters. The van der Waals surface area contributed by atoms with Gasteiger partial charge in [0.2, 0.25) is 0 Å². The number of carboxylic acids is 1. The molecule has 1 aliphatic rings. The highest BCUT2D eigenvalue weighted by Gasteiger charge is 2.40. The number of aliphatic carboxylic acids is 1. The number of hydrogen-bond acceptors (Lipinski definition) is 4. The molecule has 1 aliphatic carbocycles. The number of Topliss-reactive ketones (excluding diaryl/α,β-unsaturated/α-hetero) is 1. The molecule has 154 valence electrons. The first-order chi connectivity index (χ1) is 12.7. The molecule has 0 aromatic heterocycles. The first-order valence-corrected chi connectivity index (χ1v) is 9.50. The largest absolute Gasteiger partial charge is 0.481 e. The van der Waals surface area contributed by atoms with Crippen LogP contribution >= 0.6 is 0 Å². The SMILES string of the molecule is CCCCC(F)(F)[C@@H](O)/C=C/[C@H]1[C@H](O)CC(=O)[C@@H]1C/C=C\CCCC(=O)O. The van der Waals surface area contributed by atoms with Gasteiger partial charge in [-0.3, -0.25) is 9.59 Å². The van der Waals surface area contributed by atoms with Crippen LogP contribution in [0.2, 0.25) is 0 Å². The third-order valence-corrected chi connectivity index (χ3v) is 4.86. The Morgan fingerprint density at radius 1 is 1.33 bits per heavy atom. The third-order valence-electron chi connectivity index (χ3n) is 4.86. The lowest BCUT2D eigenvalue weighted by molar-refractivity contribution is -0.137. The zero-order chi connectivity index (χ0) is 20.4. The van der Waals surface area contributed by atoms with Crippen molar-refractivity contribution in [2.75, 3.05) is 0 Å². The van der Waals surface area contributed by atoms with E-state index in [0.717, 1.165) is 6.08 Å². The van der Waals surface area contributed by atoms with Gasteiger partial charge in [0.05, 0.1) is 6.10 Å². The van der Waals surface area contributed by atoms with Crippen LogP contribution in [0.5, 0.6) is 0 Å². The molecule has 0 spiro atoms. The fraction of sp³-hybridized carbons (Fsp3) is 0.700. The number of ketones is 1. The summed E-state index contributed by atoms with van der Waals surface area (Å²) in [6, 6.07) is 0. The maximum Gasteiger partial charge on any atom is 0.303 e. The van der Waals surface area contributed by atoms with Crippen LogP contribution in [-0.4, -0.2) is 45.2 Å². The lowest BCUT2D eigenvalue weighted by atomic mass is 9.90. The summed E-state index contributed by atoms with van der Waals surface area (Å²) in [5.74, 6) is -5.38. The normalized spacial score (nSPS) is 24.9. The molecule has 0 radical (unpaired) electrons. The van der Waals surface area contributed by atoms with Crippen molar-refractivity contribution in [3.63, 3.8) is 0 Å². The number of halogens is 2. The highest BCUT2D eigenvalue weighted by atomic mass is 19.3. The van der Waals surface area contributed by atoms with Crippen molar-refractivity contribution in [1.29, 1.82) is 0 Å². The molecule has 0 aromatic rings. The summed E-state index contributed by atoms with van der Waals surface area (Å²) in [6.45, 7) is 1.79. The fourth-order valence-corrected chi connectivity index (χ4v) is 3.19. The Morgan fingerprint density at radius 3 is 2.67 bits per heavy atom. The molecular formula is C20H30F2O5. The predicted octanol–water partition coefficient (Wildman–Crippen LogP) is 3.50. The first kappa shape index (κ1) is 23.4. The molecular weight excluding hydrogens is 358 g/mol. The van der Waals surface area contributed by atoms with Crippen LogP contribution in [0, 0.1) is 11.8 Å². The van der Waals surface area contributed by atoms with Crippen molar-refractivity contribution >= 4 is 11.8 Å². The summed E-state index contributed by atoms with van der Waals surface area (Å²) in [5, 5.41) is 28.4. The minimum atomic E-state index is -3.24. The standard InChI is InChI=1S/C20H30F2O5/c1-2-3-12-20(21,22)18(25)11-10-15-14(16(23)13-17(15)24)8-6-4-5-7-9-19(26)27/h4,6,10-11,14-15,17-18,24-25H,2-3,5,7-9,12-13H2,1H3,(H,26,27)/b6-4-,11-10+/t14-,15-,17-,18+/m1/s1. The zero-order valence-electron chi connectivity index (χ0n) is 15.7. The molecule has 1 rings (SSSR count). The van der Waals surface area contributed by atoms with Gasteiger partial charge in [-0.25, -0.2) is 8.78 Å². The van der Waals surface area contributed by atoms with Gasteiger partial charge in [0.15, 0.2) is 0 Å². The molecule has 0 saturated heterocycles. The van der Waals surface area contributed by atoms with Gasteiger partial charge >= 0.3 is 5.97 Å². The molecule has 0 aliphatic heterocycles. The summed E-state index contributed by atoms with van der Waals surface area (Å²) in [6.07, 6.45) is 4.92. The van der Waals surface area contributed by atoms with E-state index in [1.807, 2.05) is 0 Å². The summed E-state index contributed by atoms with van der Waals surface area (Å²) < 4.78 is 27.7. The van der Waals surface area contributed by atoms with E-state index >= 15 is 0 Å². The number of rotatable bonds is 12. The minimum Gasteiger partial charge on any atom is -0.481 e. The van der Waals surface area contributed by atoms with E-state index in [1.54, 1.807) is 19.1 Å². The third kappa shape index (κ3) is 7.89. The number of carbonyl (C=O) groups is 2. The Hall–Kier alpha value is -1.60. The second-order valence-electron chi connectivity index (χ2n) is 7.11. The highest BCUT2D eigenvalue weighted by molar-refractivity contribution is 5.84. The van der Waals surface area contributed by atoms with Gasteiger partial charge in [0, 0.05) is 31.1 Å². The first-order valence-electron chi connectivity index (χ1n) is 9.50. The topological polar surface area (TPSA) is 94.8 Å². The van der Waals surface area contributed by atoms with Crippen molar-refractivity contribution in [2.45, 2.75) is 76.4 Å². The zero-order valence-corrected chi connectivity index (χ0v) is 15.7. The summed E-state index contributed by atoms with van der Waals surface area (Å²) in [4.78, 5) is 22.5.